The summed E-state index contributed by atoms with van der Waals surface area (Å²) < 4.78 is 30.1. The van der Waals surface area contributed by atoms with Gasteiger partial charge in [-0.2, -0.15) is 8.42 Å². The van der Waals surface area contributed by atoms with Crippen LogP contribution in [0.3, 0.4) is 0 Å². The molecular weight excluding hydrogens is 440 g/mol. The van der Waals surface area contributed by atoms with Gasteiger partial charge in [0.05, 0.1) is 0 Å². The van der Waals surface area contributed by atoms with Crippen LogP contribution < -0.4 is 14.8 Å². The van der Waals surface area contributed by atoms with Crippen molar-refractivity contribution in [1.29, 1.82) is 0 Å². The maximum atomic E-state index is 12.6. The Morgan fingerprint density at radius 3 is 2.15 bits per heavy atom. The summed E-state index contributed by atoms with van der Waals surface area (Å²) in [4.78, 5) is 24.2. The Morgan fingerprint density at radius 1 is 0.909 bits per heavy atom. The van der Waals surface area contributed by atoms with Gasteiger partial charge in [-0.3, -0.25) is 9.59 Å². The van der Waals surface area contributed by atoms with Gasteiger partial charge in [0.15, 0.2) is 0 Å². The van der Waals surface area contributed by atoms with Crippen LogP contribution in [0.5, 0.6) is 5.75 Å². The molecule has 0 fully saturated rings. The molecule has 170 valence electrons. The third-order valence-electron chi connectivity index (χ3n) is 4.56. The first-order chi connectivity index (χ1) is 15.7. The van der Waals surface area contributed by atoms with Crippen LogP contribution in [-0.2, 0) is 26.3 Å². The topological polar surface area (TPSA) is 102 Å². The third kappa shape index (κ3) is 7.05. The van der Waals surface area contributed by atoms with E-state index in [1.54, 1.807) is 24.3 Å². The lowest BCUT2D eigenvalue weighted by molar-refractivity contribution is -0.122. The molecule has 0 bridgehead atoms. The highest BCUT2D eigenvalue weighted by Gasteiger charge is 2.16. The molecule has 0 spiro atoms. The number of hydrogen-bond donors (Lipinski definition) is 2. The van der Waals surface area contributed by atoms with Gasteiger partial charge in [-0.15, -0.1) is 0 Å². The Balaban J connectivity index is 1.73. The number of hydrogen-bond acceptors (Lipinski definition) is 5. The molecule has 3 rings (SSSR count). The molecule has 0 saturated heterocycles. The number of nitrogens with one attached hydrogen (secondary N) is 2. The van der Waals surface area contributed by atoms with E-state index < -0.39 is 16.0 Å². The van der Waals surface area contributed by atoms with Crippen molar-refractivity contribution in [3.8, 4) is 5.75 Å². The van der Waals surface area contributed by atoms with Crippen molar-refractivity contribution in [1.82, 2.24) is 10.6 Å². The molecule has 0 heterocycles. The largest absolute Gasteiger partial charge is 0.379 e. The minimum atomic E-state index is -3.97. The zero-order valence-corrected chi connectivity index (χ0v) is 19.1. The molecule has 2 N–H and O–H groups in total. The minimum Gasteiger partial charge on any atom is -0.379 e. The number of carbonyl (C=O) groups excluding carboxylic acids is 2. The molecule has 3 aromatic carbocycles. The molecule has 0 radical (unpaired) electrons. The van der Waals surface area contributed by atoms with Gasteiger partial charge >= 0.3 is 10.1 Å². The molecule has 0 saturated carbocycles. The Morgan fingerprint density at radius 2 is 1.55 bits per heavy atom. The monoisotopic (exact) mass is 464 g/mol. The Labute approximate surface area is 193 Å². The quantitative estimate of drug-likeness (QED) is 0.392. The van der Waals surface area contributed by atoms with Crippen molar-refractivity contribution in [2.45, 2.75) is 25.3 Å². The first kappa shape index (κ1) is 23.7. The Hall–Kier alpha value is -3.91. The van der Waals surface area contributed by atoms with Crippen molar-refractivity contribution in [2.75, 3.05) is 0 Å². The third-order valence-corrected chi connectivity index (χ3v) is 5.82. The number of amides is 2. The summed E-state index contributed by atoms with van der Waals surface area (Å²) in [5.41, 5.74) is 2.50. The summed E-state index contributed by atoms with van der Waals surface area (Å²) in [6.45, 7) is 3.48. The van der Waals surface area contributed by atoms with Crippen LogP contribution >= 0.6 is 0 Å². The van der Waals surface area contributed by atoms with Gasteiger partial charge in [-0.25, -0.2) is 0 Å². The molecule has 0 aliphatic heterocycles. The van der Waals surface area contributed by atoms with Gasteiger partial charge in [0.1, 0.15) is 16.3 Å². The average Bonchev–Trinajstić information content (AvgIpc) is 2.79. The Bertz CT molecular complexity index is 1250. The van der Waals surface area contributed by atoms with Crippen LogP contribution in [0.15, 0.2) is 89.5 Å². The highest BCUT2D eigenvalue weighted by Crippen LogP contribution is 2.20. The fourth-order valence-electron chi connectivity index (χ4n) is 2.89. The van der Waals surface area contributed by atoms with Crippen LogP contribution in [0.1, 0.15) is 23.6 Å². The van der Waals surface area contributed by atoms with E-state index in [0.29, 0.717) is 12.1 Å². The van der Waals surface area contributed by atoms with Gasteiger partial charge in [-0.1, -0.05) is 60.2 Å². The second-order valence-electron chi connectivity index (χ2n) is 7.33. The van der Waals surface area contributed by atoms with Crippen LogP contribution in [0.25, 0.3) is 6.08 Å². The van der Waals surface area contributed by atoms with Crippen LogP contribution in [0.4, 0.5) is 0 Å². The van der Waals surface area contributed by atoms with E-state index in [4.69, 9.17) is 4.18 Å². The molecule has 3 aromatic rings. The van der Waals surface area contributed by atoms with Crippen molar-refractivity contribution < 1.29 is 22.2 Å². The number of carbonyl (C=O) groups is 2. The molecule has 0 aliphatic rings. The molecular formula is C25H24N2O5S. The summed E-state index contributed by atoms with van der Waals surface area (Å²) in [5, 5.41) is 5.29. The van der Waals surface area contributed by atoms with Crippen molar-refractivity contribution >= 4 is 28.0 Å². The Kier molecular flexibility index (Phi) is 7.63. The lowest BCUT2D eigenvalue weighted by Crippen LogP contribution is -2.33. The first-order valence-corrected chi connectivity index (χ1v) is 11.6. The van der Waals surface area contributed by atoms with E-state index >= 15 is 0 Å². The van der Waals surface area contributed by atoms with E-state index in [9.17, 15) is 18.0 Å². The maximum absolute atomic E-state index is 12.6. The van der Waals surface area contributed by atoms with Gasteiger partial charge in [0.2, 0.25) is 5.91 Å². The maximum Gasteiger partial charge on any atom is 0.339 e. The smallest absolute Gasteiger partial charge is 0.339 e. The number of aryl methyl sites for hydroxylation is 1. The summed E-state index contributed by atoms with van der Waals surface area (Å²) in [5.74, 6) is -0.709. The molecule has 0 unspecified atom stereocenters. The van der Waals surface area contributed by atoms with E-state index in [-0.39, 0.29) is 22.2 Å². The first-order valence-electron chi connectivity index (χ1n) is 10.2. The summed E-state index contributed by atoms with van der Waals surface area (Å²) in [6, 6.07) is 21.9. The van der Waals surface area contributed by atoms with Crippen molar-refractivity contribution in [3.05, 3.63) is 101 Å². The standard InChI is InChI=1S/C25H24N2O5S/c1-18-8-14-23(15-9-18)33(30,31)32-22-12-10-20(11-13-22)16-24(27-19(2)28)25(29)26-17-21-6-4-3-5-7-21/h3-16H,17H2,1-2H3,(H,26,29)(H,27,28)/b24-16-. The predicted molar refractivity (Wildman–Crippen MR) is 126 cm³/mol. The zero-order chi connectivity index (χ0) is 23.8. The molecule has 7 nitrogen and oxygen atoms in total. The van der Waals surface area contributed by atoms with E-state index in [1.165, 1.54) is 37.3 Å². The number of benzene rings is 3. The zero-order valence-electron chi connectivity index (χ0n) is 18.2. The van der Waals surface area contributed by atoms with E-state index in [1.807, 2.05) is 37.3 Å². The molecule has 2 amide bonds. The lowest BCUT2D eigenvalue weighted by Gasteiger charge is -2.10. The highest BCUT2D eigenvalue weighted by molar-refractivity contribution is 7.87. The molecule has 8 heteroatoms. The van der Waals surface area contributed by atoms with Crippen molar-refractivity contribution in [3.63, 3.8) is 0 Å². The summed E-state index contributed by atoms with van der Waals surface area (Å²) in [6.07, 6.45) is 1.50. The van der Waals surface area contributed by atoms with Gasteiger partial charge in [-0.05, 0) is 48.4 Å². The van der Waals surface area contributed by atoms with E-state index in [0.717, 1.165) is 11.1 Å². The van der Waals surface area contributed by atoms with Crippen LogP contribution in [0.2, 0.25) is 0 Å². The SMILES string of the molecule is CC(=O)N/C(=C\c1ccc(OS(=O)(=O)c2ccc(C)cc2)cc1)C(=O)NCc1ccccc1. The van der Waals surface area contributed by atoms with Crippen molar-refractivity contribution in [2.24, 2.45) is 0 Å². The second-order valence-corrected chi connectivity index (χ2v) is 8.87. The molecule has 0 atom stereocenters. The highest BCUT2D eigenvalue weighted by atomic mass is 32.2. The molecule has 0 aromatic heterocycles. The predicted octanol–water partition coefficient (Wildman–Crippen LogP) is 3.56. The second kappa shape index (κ2) is 10.6. The fourth-order valence-corrected chi connectivity index (χ4v) is 3.82. The van der Waals surface area contributed by atoms with Crippen LogP contribution in [-0.4, -0.2) is 20.2 Å². The molecule has 0 aliphatic carbocycles. The molecule has 33 heavy (non-hydrogen) atoms. The van der Waals surface area contributed by atoms with Gasteiger partial charge in [0.25, 0.3) is 5.91 Å². The number of rotatable bonds is 8. The van der Waals surface area contributed by atoms with E-state index in [2.05, 4.69) is 10.6 Å². The summed E-state index contributed by atoms with van der Waals surface area (Å²) >= 11 is 0. The van der Waals surface area contributed by atoms with Crippen LogP contribution in [0, 0.1) is 6.92 Å². The summed E-state index contributed by atoms with van der Waals surface area (Å²) in [7, 11) is -3.97. The normalized spacial score (nSPS) is 11.5. The van der Waals surface area contributed by atoms with Gasteiger partial charge < -0.3 is 14.8 Å². The van der Waals surface area contributed by atoms with Gasteiger partial charge in [0, 0.05) is 13.5 Å². The lowest BCUT2D eigenvalue weighted by atomic mass is 10.1. The fraction of sp³-hybridized carbons (Fsp3) is 0.120. The average molecular weight is 465 g/mol. The minimum absolute atomic E-state index is 0.0557.